The minimum atomic E-state index is -3.33. The molecular weight excluding hydrogens is 226 g/mol. The van der Waals surface area contributed by atoms with Crippen molar-refractivity contribution < 1.29 is 13.2 Å². The van der Waals surface area contributed by atoms with Gasteiger partial charge in [-0.05, 0) is 38.5 Å². The van der Waals surface area contributed by atoms with Gasteiger partial charge in [-0.3, -0.25) is 4.72 Å². The molecule has 0 atom stereocenters. The molecule has 0 aromatic heterocycles. The average Bonchev–Trinajstić information content (AvgIpc) is 2.20. The molecule has 0 aliphatic carbocycles. The van der Waals surface area contributed by atoms with Gasteiger partial charge in [0.15, 0.2) is 0 Å². The summed E-state index contributed by atoms with van der Waals surface area (Å²) in [6, 6.07) is 5.33. The van der Waals surface area contributed by atoms with Crippen LogP contribution < -0.4 is 9.46 Å². The molecule has 90 valence electrons. The summed E-state index contributed by atoms with van der Waals surface area (Å²) in [5.74, 6) is 0.532. The Morgan fingerprint density at radius 3 is 2.44 bits per heavy atom. The number of hydrogen-bond donors (Lipinski definition) is 1. The van der Waals surface area contributed by atoms with Gasteiger partial charge in [0.05, 0.1) is 18.0 Å². The monoisotopic (exact) mass is 243 g/mol. The van der Waals surface area contributed by atoms with Gasteiger partial charge in [-0.2, -0.15) is 0 Å². The van der Waals surface area contributed by atoms with Crippen molar-refractivity contribution in [1.29, 1.82) is 0 Å². The van der Waals surface area contributed by atoms with Crippen LogP contribution in [0.4, 0.5) is 5.69 Å². The third-order valence-corrected chi connectivity index (χ3v) is 3.98. The van der Waals surface area contributed by atoms with E-state index < -0.39 is 15.3 Å². The van der Waals surface area contributed by atoms with E-state index in [2.05, 4.69) is 4.72 Å². The summed E-state index contributed by atoms with van der Waals surface area (Å²) >= 11 is 0. The lowest BCUT2D eigenvalue weighted by Crippen LogP contribution is -2.22. The highest BCUT2D eigenvalue weighted by molar-refractivity contribution is 7.93. The number of ether oxygens (including phenoxy) is 1. The molecule has 0 saturated heterocycles. The van der Waals surface area contributed by atoms with Crippen molar-refractivity contribution in [2.45, 2.75) is 26.0 Å². The minimum Gasteiger partial charge on any atom is -0.495 e. The van der Waals surface area contributed by atoms with E-state index in [-0.39, 0.29) is 0 Å². The van der Waals surface area contributed by atoms with Crippen LogP contribution in [0.15, 0.2) is 18.2 Å². The van der Waals surface area contributed by atoms with Crippen LogP contribution in [0.25, 0.3) is 0 Å². The largest absolute Gasteiger partial charge is 0.495 e. The maximum absolute atomic E-state index is 11.7. The topological polar surface area (TPSA) is 55.4 Å². The van der Waals surface area contributed by atoms with Crippen LogP contribution in [-0.4, -0.2) is 20.8 Å². The van der Waals surface area contributed by atoms with Crippen LogP contribution in [0.1, 0.15) is 19.4 Å². The number of benzene rings is 1. The molecule has 4 nitrogen and oxygen atoms in total. The van der Waals surface area contributed by atoms with E-state index in [1.165, 1.54) is 7.11 Å². The Labute approximate surface area is 96.7 Å². The molecule has 0 bridgehead atoms. The molecule has 1 aromatic carbocycles. The Morgan fingerprint density at radius 1 is 1.31 bits per heavy atom. The Bertz CT molecular complexity index is 466. The predicted octanol–water partition coefficient (Wildman–Crippen LogP) is 2.15. The molecule has 0 fully saturated rings. The zero-order valence-electron chi connectivity index (χ0n) is 9.94. The van der Waals surface area contributed by atoms with Crippen molar-refractivity contribution in [3.63, 3.8) is 0 Å². The molecule has 0 radical (unpaired) electrons. The Hall–Kier alpha value is -1.23. The highest BCUT2D eigenvalue weighted by atomic mass is 32.2. The molecule has 0 aliphatic heterocycles. The number of anilines is 1. The fourth-order valence-corrected chi connectivity index (χ4v) is 1.86. The maximum Gasteiger partial charge on any atom is 0.235 e. The van der Waals surface area contributed by atoms with Crippen molar-refractivity contribution in [2.24, 2.45) is 0 Å². The Balaban J connectivity index is 3.07. The third kappa shape index (κ3) is 2.88. The second-order valence-electron chi connectivity index (χ2n) is 3.90. The van der Waals surface area contributed by atoms with E-state index in [1.807, 2.05) is 13.0 Å². The van der Waals surface area contributed by atoms with E-state index >= 15 is 0 Å². The lowest BCUT2D eigenvalue weighted by atomic mass is 10.2. The summed E-state index contributed by atoms with van der Waals surface area (Å²) in [5, 5.41) is -0.474. The molecule has 1 rings (SSSR count). The molecule has 0 spiro atoms. The zero-order chi connectivity index (χ0) is 12.3. The van der Waals surface area contributed by atoms with Crippen LogP contribution >= 0.6 is 0 Å². The number of nitrogens with one attached hydrogen (secondary N) is 1. The predicted molar refractivity (Wildman–Crippen MR) is 65.4 cm³/mol. The van der Waals surface area contributed by atoms with Crippen LogP contribution in [0.5, 0.6) is 5.75 Å². The normalized spacial score (nSPS) is 11.6. The summed E-state index contributed by atoms with van der Waals surface area (Å²) in [7, 11) is -1.81. The SMILES string of the molecule is COc1cc(C)ccc1NS(=O)(=O)C(C)C. The first-order valence-corrected chi connectivity index (χ1v) is 6.57. The minimum absolute atomic E-state index is 0.474. The van der Waals surface area contributed by atoms with Crippen molar-refractivity contribution in [3.8, 4) is 5.75 Å². The summed E-state index contributed by atoms with van der Waals surface area (Å²) in [4.78, 5) is 0. The lowest BCUT2D eigenvalue weighted by molar-refractivity contribution is 0.416. The molecule has 0 saturated carbocycles. The fourth-order valence-electron chi connectivity index (χ4n) is 1.15. The maximum atomic E-state index is 11.7. The van der Waals surface area contributed by atoms with Gasteiger partial charge in [-0.15, -0.1) is 0 Å². The van der Waals surface area contributed by atoms with Gasteiger partial charge in [-0.25, -0.2) is 8.42 Å². The van der Waals surface area contributed by atoms with Crippen molar-refractivity contribution in [2.75, 3.05) is 11.8 Å². The van der Waals surface area contributed by atoms with Crippen LogP contribution in [-0.2, 0) is 10.0 Å². The molecule has 1 aromatic rings. The van der Waals surface area contributed by atoms with Crippen LogP contribution in [0.3, 0.4) is 0 Å². The average molecular weight is 243 g/mol. The quantitative estimate of drug-likeness (QED) is 0.881. The Kier molecular flexibility index (Phi) is 3.80. The number of hydrogen-bond acceptors (Lipinski definition) is 3. The molecular formula is C11H17NO3S. The molecule has 0 unspecified atom stereocenters. The summed E-state index contributed by atoms with van der Waals surface area (Å²) < 4.78 is 31.0. The third-order valence-electron chi connectivity index (χ3n) is 2.23. The molecule has 5 heteroatoms. The van der Waals surface area contributed by atoms with Crippen LogP contribution in [0.2, 0.25) is 0 Å². The standard InChI is InChI=1S/C11H17NO3S/c1-8(2)16(13,14)12-10-6-5-9(3)7-11(10)15-4/h5-8,12H,1-4H3. The van der Waals surface area contributed by atoms with Gasteiger partial charge in [0.2, 0.25) is 10.0 Å². The van der Waals surface area contributed by atoms with Crippen molar-refractivity contribution in [3.05, 3.63) is 23.8 Å². The molecule has 1 N–H and O–H groups in total. The highest BCUT2D eigenvalue weighted by Gasteiger charge is 2.17. The van der Waals surface area contributed by atoms with E-state index in [0.717, 1.165) is 5.56 Å². The van der Waals surface area contributed by atoms with Gasteiger partial charge in [0.1, 0.15) is 5.75 Å². The summed E-state index contributed by atoms with van der Waals surface area (Å²) in [5.41, 5.74) is 1.49. The van der Waals surface area contributed by atoms with E-state index in [4.69, 9.17) is 4.74 Å². The number of rotatable bonds is 4. The number of aryl methyl sites for hydroxylation is 1. The van der Waals surface area contributed by atoms with Gasteiger partial charge >= 0.3 is 0 Å². The van der Waals surface area contributed by atoms with Gasteiger partial charge in [-0.1, -0.05) is 6.07 Å². The van der Waals surface area contributed by atoms with Gasteiger partial charge in [0, 0.05) is 0 Å². The second-order valence-corrected chi connectivity index (χ2v) is 6.14. The van der Waals surface area contributed by atoms with Gasteiger partial charge in [0.25, 0.3) is 0 Å². The first-order chi connectivity index (χ1) is 7.36. The highest BCUT2D eigenvalue weighted by Crippen LogP contribution is 2.26. The van der Waals surface area contributed by atoms with E-state index in [1.54, 1.807) is 26.0 Å². The van der Waals surface area contributed by atoms with Crippen molar-refractivity contribution in [1.82, 2.24) is 0 Å². The van der Waals surface area contributed by atoms with Gasteiger partial charge < -0.3 is 4.74 Å². The number of methoxy groups -OCH3 is 1. The van der Waals surface area contributed by atoms with Crippen LogP contribution in [0, 0.1) is 6.92 Å². The fraction of sp³-hybridized carbons (Fsp3) is 0.455. The van der Waals surface area contributed by atoms with E-state index in [9.17, 15) is 8.42 Å². The molecule has 16 heavy (non-hydrogen) atoms. The second kappa shape index (κ2) is 4.74. The first kappa shape index (κ1) is 12.8. The lowest BCUT2D eigenvalue weighted by Gasteiger charge is -2.14. The Morgan fingerprint density at radius 2 is 1.94 bits per heavy atom. The molecule has 0 amide bonds. The summed E-state index contributed by atoms with van der Waals surface area (Å²) in [6.45, 7) is 5.18. The van der Waals surface area contributed by atoms with E-state index in [0.29, 0.717) is 11.4 Å². The molecule has 0 aliphatic rings. The summed E-state index contributed by atoms with van der Waals surface area (Å²) in [6.07, 6.45) is 0. The smallest absolute Gasteiger partial charge is 0.235 e. The molecule has 0 heterocycles. The zero-order valence-corrected chi connectivity index (χ0v) is 10.8. The number of sulfonamides is 1. The first-order valence-electron chi connectivity index (χ1n) is 5.03. The van der Waals surface area contributed by atoms with Crippen molar-refractivity contribution >= 4 is 15.7 Å².